The number of hydrogen-bond donors (Lipinski definition) is 4. The number of thioether (sulfide) groups is 1. The summed E-state index contributed by atoms with van der Waals surface area (Å²) < 4.78 is 0. The van der Waals surface area contributed by atoms with Crippen LogP contribution in [0.1, 0.15) is 31.1 Å². The summed E-state index contributed by atoms with van der Waals surface area (Å²) in [5.41, 5.74) is 3.46. The highest BCUT2D eigenvalue weighted by Crippen LogP contribution is 2.44. The summed E-state index contributed by atoms with van der Waals surface area (Å²) in [7, 11) is 4.04. The molecule has 3 rings (SSSR count). The molecule has 0 fully saturated rings. The van der Waals surface area contributed by atoms with E-state index in [1.807, 2.05) is 14.1 Å². The lowest BCUT2D eigenvalue weighted by molar-refractivity contribution is -0.107. The summed E-state index contributed by atoms with van der Waals surface area (Å²) >= 11 is 1.36. The SMILES string of the molecule is CN(C)c1ccc(CC(C)(C)NCC(O)c2cc(O)cc3c2SC(C=O)N3)cc1. The van der Waals surface area contributed by atoms with Crippen molar-refractivity contribution in [2.24, 2.45) is 0 Å². The molecule has 2 aromatic rings. The maximum atomic E-state index is 11.1. The number of hydrogen-bond acceptors (Lipinski definition) is 7. The van der Waals surface area contributed by atoms with E-state index in [4.69, 9.17) is 0 Å². The van der Waals surface area contributed by atoms with E-state index in [1.165, 1.54) is 17.3 Å². The number of aromatic hydroxyl groups is 1. The van der Waals surface area contributed by atoms with Gasteiger partial charge in [0.1, 0.15) is 11.1 Å². The molecular formula is C22H29N3O3S. The number of benzene rings is 2. The van der Waals surface area contributed by atoms with Crippen LogP contribution in [0, 0.1) is 0 Å². The second-order valence-corrected chi connectivity index (χ2v) is 9.40. The summed E-state index contributed by atoms with van der Waals surface area (Å²) in [5, 5.41) is 26.9. The number of phenolic OH excluding ortho intramolecular Hbond substituents is 1. The quantitative estimate of drug-likeness (QED) is 0.493. The molecule has 0 bridgehead atoms. The van der Waals surface area contributed by atoms with Crippen molar-refractivity contribution in [2.75, 3.05) is 30.9 Å². The van der Waals surface area contributed by atoms with Gasteiger partial charge in [-0.3, -0.25) is 0 Å². The van der Waals surface area contributed by atoms with Crippen LogP contribution < -0.4 is 15.5 Å². The molecule has 7 heteroatoms. The fourth-order valence-corrected chi connectivity index (χ4v) is 4.53. The standard InChI is InChI=1S/C22H29N3O3S/c1-22(2,11-14-5-7-15(8-6-14)25(3)4)23-12-19(28)17-9-16(27)10-18-21(17)29-20(13-26)24-18/h5-10,13,19-20,23-24,27-28H,11-12H2,1-4H3. The van der Waals surface area contributed by atoms with Crippen molar-refractivity contribution < 1.29 is 15.0 Å². The number of nitrogens with one attached hydrogen (secondary N) is 2. The number of rotatable bonds is 8. The van der Waals surface area contributed by atoms with E-state index >= 15 is 0 Å². The van der Waals surface area contributed by atoms with Gasteiger partial charge in [-0.2, -0.15) is 0 Å². The van der Waals surface area contributed by atoms with Crippen LogP contribution >= 0.6 is 11.8 Å². The lowest BCUT2D eigenvalue weighted by atomic mass is 9.94. The van der Waals surface area contributed by atoms with Crippen molar-refractivity contribution in [3.05, 3.63) is 47.5 Å². The Morgan fingerprint density at radius 1 is 1.28 bits per heavy atom. The predicted octanol–water partition coefficient (Wildman–Crippen LogP) is 3.15. The monoisotopic (exact) mass is 415 g/mol. The van der Waals surface area contributed by atoms with Gasteiger partial charge in [0, 0.05) is 48.4 Å². The van der Waals surface area contributed by atoms with Crippen molar-refractivity contribution in [1.29, 1.82) is 0 Å². The van der Waals surface area contributed by atoms with Gasteiger partial charge in [-0.25, -0.2) is 0 Å². The van der Waals surface area contributed by atoms with Gasteiger partial charge in [0.05, 0.1) is 11.8 Å². The molecule has 0 aliphatic carbocycles. The average molecular weight is 416 g/mol. The smallest absolute Gasteiger partial charge is 0.152 e. The molecule has 1 aliphatic rings. The van der Waals surface area contributed by atoms with E-state index in [2.05, 4.69) is 53.6 Å². The molecule has 1 aliphatic heterocycles. The highest BCUT2D eigenvalue weighted by Gasteiger charge is 2.28. The van der Waals surface area contributed by atoms with Gasteiger partial charge in [0.25, 0.3) is 0 Å². The van der Waals surface area contributed by atoms with Crippen molar-refractivity contribution in [1.82, 2.24) is 5.32 Å². The molecule has 4 N–H and O–H groups in total. The van der Waals surface area contributed by atoms with Crippen LogP contribution in [0.15, 0.2) is 41.3 Å². The molecule has 2 atom stereocenters. The van der Waals surface area contributed by atoms with Crippen molar-refractivity contribution in [3.8, 4) is 5.75 Å². The number of aldehydes is 1. The van der Waals surface area contributed by atoms with Crippen molar-refractivity contribution in [3.63, 3.8) is 0 Å². The van der Waals surface area contributed by atoms with Crippen LogP contribution in [0.25, 0.3) is 0 Å². The third kappa shape index (κ3) is 5.23. The van der Waals surface area contributed by atoms with E-state index in [0.717, 1.165) is 23.3 Å². The van der Waals surface area contributed by atoms with Crippen LogP contribution in [-0.2, 0) is 11.2 Å². The Morgan fingerprint density at radius 2 is 1.97 bits per heavy atom. The average Bonchev–Trinajstić information content (AvgIpc) is 3.08. The van der Waals surface area contributed by atoms with E-state index in [0.29, 0.717) is 17.8 Å². The van der Waals surface area contributed by atoms with Gasteiger partial charge < -0.3 is 30.5 Å². The summed E-state index contributed by atoms with van der Waals surface area (Å²) in [6.45, 7) is 4.54. The summed E-state index contributed by atoms with van der Waals surface area (Å²) in [4.78, 5) is 14.0. The van der Waals surface area contributed by atoms with E-state index in [1.54, 1.807) is 12.1 Å². The van der Waals surface area contributed by atoms with E-state index < -0.39 is 11.5 Å². The first-order chi connectivity index (χ1) is 13.7. The van der Waals surface area contributed by atoms with Crippen molar-refractivity contribution in [2.45, 2.75) is 42.2 Å². The molecule has 0 radical (unpaired) electrons. The molecule has 2 unspecified atom stereocenters. The minimum atomic E-state index is -0.800. The first kappa shape index (κ1) is 21.5. The Morgan fingerprint density at radius 3 is 2.59 bits per heavy atom. The summed E-state index contributed by atoms with van der Waals surface area (Å²) in [6.07, 6.45) is 0.835. The number of β-amino-alcohol motifs (C(OH)–C–C–N with tert-alkyl or cyclic N) is 1. The highest BCUT2D eigenvalue weighted by atomic mass is 32.2. The molecule has 29 heavy (non-hydrogen) atoms. The van der Waals surface area contributed by atoms with E-state index in [9.17, 15) is 15.0 Å². The zero-order valence-corrected chi connectivity index (χ0v) is 18.1. The molecule has 0 spiro atoms. The van der Waals surface area contributed by atoms with E-state index in [-0.39, 0.29) is 11.3 Å². The number of fused-ring (bicyclic) bond motifs is 1. The predicted molar refractivity (Wildman–Crippen MR) is 119 cm³/mol. The number of carbonyl (C=O) groups is 1. The largest absolute Gasteiger partial charge is 0.508 e. The molecule has 6 nitrogen and oxygen atoms in total. The van der Waals surface area contributed by atoms with Gasteiger partial charge >= 0.3 is 0 Å². The zero-order valence-electron chi connectivity index (χ0n) is 17.3. The second-order valence-electron chi connectivity index (χ2n) is 8.25. The Bertz CT molecular complexity index is 868. The first-order valence-electron chi connectivity index (χ1n) is 9.63. The summed E-state index contributed by atoms with van der Waals surface area (Å²) in [5.74, 6) is 0.0673. The van der Waals surface area contributed by atoms with Crippen LogP contribution in [0.2, 0.25) is 0 Å². The fraction of sp³-hybridized carbons (Fsp3) is 0.409. The Kier molecular flexibility index (Phi) is 6.41. The molecule has 0 saturated carbocycles. The van der Waals surface area contributed by atoms with Gasteiger partial charge in [-0.15, -0.1) is 0 Å². The number of anilines is 2. The lowest BCUT2D eigenvalue weighted by Crippen LogP contribution is -2.43. The van der Waals surface area contributed by atoms with Gasteiger partial charge in [0.15, 0.2) is 6.29 Å². The molecule has 0 aromatic heterocycles. The first-order valence-corrected chi connectivity index (χ1v) is 10.5. The topological polar surface area (TPSA) is 84.8 Å². The van der Waals surface area contributed by atoms with Crippen LogP contribution in [0.4, 0.5) is 11.4 Å². The Balaban J connectivity index is 1.65. The minimum Gasteiger partial charge on any atom is -0.508 e. The van der Waals surface area contributed by atoms with Gasteiger partial charge in [-0.05, 0) is 44.0 Å². The number of phenols is 1. The molecular weight excluding hydrogens is 386 g/mol. The normalized spacial score (nSPS) is 16.8. The second kappa shape index (κ2) is 8.65. The third-order valence-corrected chi connectivity index (χ3v) is 6.17. The molecule has 0 amide bonds. The highest BCUT2D eigenvalue weighted by molar-refractivity contribution is 8.01. The molecule has 2 aromatic carbocycles. The van der Waals surface area contributed by atoms with Crippen molar-refractivity contribution >= 4 is 29.4 Å². The maximum Gasteiger partial charge on any atom is 0.152 e. The van der Waals surface area contributed by atoms with Crippen LogP contribution in [0.3, 0.4) is 0 Å². The third-order valence-electron chi connectivity index (χ3n) is 5.00. The molecule has 0 saturated heterocycles. The molecule has 156 valence electrons. The Hall–Kier alpha value is -2.22. The van der Waals surface area contributed by atoms with Gasteiger partial charge in [-0.1, -0.05) is 23.9 Å². The number of aliphatic hydroxyl groups is 1. The number of carbonyl (C=O) groups excluding carboxylic acids is 1. The number of aliphatic hydroxyl groups excluding tert-OH is 1. The Labute approximate surface area is 176 Å². The summed E-state index contributed by atoms with van der Waals surface area (Å²) in [6, 6.07) is 11.6. The lowest BCUT2D eigenvalue weighted by Gasteiger charge is -2.28. The molecule has 1 heterocycles. The minimum absolute atomic E-state index is 0.0673. The van der Waals surface area contributed by atoms with Gasteiger partial charge in [0.2, 0.25) is 0 Å². The zero-order chi connectivity index (χ0) is 21.2. The van der Waals surface area contributed by atoms with Crippen LogP contribution in [-0.4, -0.2) is 48.1 Å². The number of nitrogens with zero attached hydrogens (tertiary/aromatic N) is 1. The van der Waals surface area contributed by atoms with Crippen LogP contribution in [0.5, 0.6) is 5.75 Å². The fourth-order valence-electron chi connectivity index (χ4n) is 3.46. The maximum absolute atomic E-state index is 11.1.